The summed E-state index contributed by atoms with van der Waals surface area (Å²) in [5, 5.41) is 0. The van der Waals surface area contributed by atoms with Crippen LogP contribution in [0.1, 0.15) is 26.2 Å². The molecular weight excluding hydrogens is 296 g/mol. The van der Waals surface area contributed by atoms with Gasteiger partial charge in [-0.1, -0.05) is 30.2 Å². The normalized spacial score (nSPS) is 24.8. The number of nitrogens with two attached hydrogens (primary N) is 2. The summed E-state index contributed by atoms with van der Waals surface area (Å²) in [4.78, 5) is 9.06. The van der Waals surface area contributed by atoms with Gasteiger partial charge in [0, 0.05) is 23.0 Å². The number of aliphatic imine (C=N–C) groups is 2. The molecule has 0 amide bonds. The number of nitrogens with zero attached hydrogens (tertiary/aromatic N) is 2. The predicted octanol–water partition coefficient (Wildman–Crippen LogP) is 2.77. The monoisotopic (exact) mass is 318 g/mol. The van der Waals surface area contributed by atoms with Crippen LogP contribution in [-0.4, -0.2) is 17.6 Å². The summed E-state index contributed by atoms with van der Waals surface area (Å²) < 4.78 is 0. The second-order valence-corrected chi connectivity index (χ2v) is 6.49. The van der Waals surface area contributed by atoms with Crippen molar-refractivity contribution >= 4 is 11.5 Å². The number of rotatable bonds is 4. The number of allylic oxidation sites excluding steroid dienone is 5. The van der Waals surface area contributed by atoms with Crippen LogP contribution >= 0.6 is 0 Å². The van der Waals surface area contributed by atoms with Crippen molar-refractivity contribution < 1.29 is 0 Å². The zero-order chi connectivity index (χ0) is 17.3. The third kappa shape index (κ3) is 3.26. The molecule has 4 heteroatoms. The fourth-order valence-electron chi connectivity index (χ4n) is 2.87. The van der Waals surface area contributed by atoms with E-state index in [-0.39, 0.29) is 6.04 Å². The summed E-state index contributed by atoms with van der Waals surface area (Å²) in [6.45, 7) is 6.27. The Labute approximate surface area is 143 Å². The van der Waals surface area contributed by atoms with E-state index >= 15 is 0 Å². The van der Waals surface area contributed by atoms with Crippen molar-refractivity contribution in [1.29, 1.82) is 0 Å². The summed E-state index contributed by atoms with van der Waals surface area (Å²) in [7, 11) is 0. The van der Waals surface area contributed by atoms with Gasteiger partial charge in [-0.3, -0.25) is 9.98 Å². The standard InChI is InChI=1S/C20H22N4/c1-4-14-11-23-19(16-6-5-12(2)9-16)13(3)20(14)24-18(22)10-17(21)15-7-8-15/h1,5-6,10-11,15,20H,3,7-9,21H2,2H3,(H2,22,24). The molecule has 1 aliphatic heterocycles. The van der Waals surface area contributed by atoms with Crippen LogP contribution in [-0.2, 0) is 0 Å². The number of amidine groups is 1. The van der Waals surface area contributed by atoms with E-state index in [1.807, 2.05) is 0 Å². The topological polar surface area (TPSA) is 76.8 Å². The molecule has 0 radical (unpaired) electrons. The molecule has 4 N–H and O–H groups in total. The molecule has 4 nitrogen and oxygen atoms in total. The molecule has 1 unspecified atom stereocenters. The molecule has 1 fully saturated rings. The van der Waals surface area contributed by atoms with Gasteiger partial charge < -0.3 is 11.5 Å². The third-order valence-electron chi connectivity index (χ3n) is 4.41. The van der Waals surface area contributed by atoms with Crippen LogP contribution in [0.15, 0.2) is 69.0 Å². The molecule has 0 aromatic heterocycles. The average Bonchev–Trinajstić information content (AvgIpc) is 3.31. The van der Waals surface area contributed by atoms with Gasteiger partial charge >= 0.3 is 0 Å². The van der Waals surface area contributed by atoms with Gasteiger partial charge in [-0.05, 0) is 43.8 Å². The van der Waals surface area contributed by atoms with E-state index in [1.54, 1.807) is 12.3 Å². The lowest BCUT2D eigenvalue weighted by atomic mass is 9.90. The number of terminal acetylenes is 1. The Morgan fingerprint density at radius 2 is 2.17 bits per heavy atom. The lowest BCUT2D eigenvalue weighted by Gasteiger charge is -2.22. The molecule has 3 rings (SSSR count). The Bertz CT molecular complexity index is 805. The highest BCUT2D eigenvalue weighted by Gasteiger charge is 2.27. The van der Waals surface area contributed by atoms with Gasteiger partial charge in [0.15, 0.2) is 0 Å². The Kier molecular flexibility index (Phi) is 4.26. The summed E-state index contributed by atoms with van der Waals surface area (Å²) in [5.74, 6) is 3.47. The molecule has 0 saturated heterocycles. The van der Waals surface area contributed by atoms with E-state index in [0.29, 0.717) is 17.3 Å². The van der Waals surface area contributed by atoms with Gasteiger partial charge in [-0.25, -0.2) is 0 Å². The van der Waals surface area contributed by atoms with Crippen molar-refractivity contribution in [2.75, 3.05) is 0 Å². The van der Waals surface area contributed by atoms with Crippen molar-refractivity contribution in [3.63, 3.8) is 0 Å². The first-order chi connectivity index (χ1) is 11.5. The van der Waals surface area contributed by atoms with Crippen molar-refractivity contribution in [3.05, 3.63) is 59.0 Å². The van der Waals surface area contributed by atoms with E-state index in [2.05, 4.69) is 41.6 Å². The van der Waals surface area contributed by atoms with Crippen molar-refractivity contribution in [2.45, 2.75) is 32.2 Å². The van der Waals surface area contributed by atoms with E-state index in [9.17, 15) is 0 Å². The van der Waals surface area contributed by atoms with E-state index in [1.165, 1.54) is 5.57 Å². The maximum Gasteiger partial charge on any atom is 0.121 e. The van der Waals surface area contributed by atoms with Crippen molar-refractivity contribution in [2.24, 2.45) is 27.4 Å². The second kappa shape index (κ2) is 6.37. The Hall–Kier alpha value is -2.80. The highest BCUT2D eigenvalue weighted by molar-refractivity contribution is 6.15. The largest absolute Gasteiger partial charge is 0.402 e. The maximum atomic E-state index is 6.06. The van der Waals surface area contributed by atoms with Crippen molar-refractivity contribution in [1.82, 2.24) is 0 Å². The molecule has 3 aliphatic rings. The summed E-state index contributed by atoms with van der Waals surface area (Å²) >= 11 is 0. The fourth-order valence-corrected chi connectivity index (χ4v) is 2.87. The Balaban J connectivity index is 1.86. The number of hydrogen-bond donors (Lipinski definition) is 2. The van der Waals surface area contributed by atoms with Crippen LogP contribution in [0, 0.1) is 18.3 Å². The third-order valence-corrected chi connectivity index (χ3v) is 4.41. The number of hydrogen-bond acceptors (Lipinski definition) is 3. The zero-order valence-electron chi connectivity index (χ0n) is 13.9. The molecule has 1 heterocycles. The van der Waals surface area contributed by atoms with E-state index < -0.39 is 0 Å². The Morgan fingerprint density at radius 3 is 2.75 bits per heavy atom. The minimum Gasteiger partial charge on any atom is -0.402 e. The molecular formula is C20H22N4. The molecule has 0 bridgehead atoms. The highest BCUT2D eigenvalue weighted by atomic mass is 14.9. The lowest BCUT2D eigenvalue weighted by molar-refractivity contribution is 0.934. The lowest BCUT2D eigenvalue weighted by Crippen LogP contribution is -2.25. The van der Waals surface area contributed by atoms with Crippen LogP contribution < -0.4 is 11.5 Å². The summed E-state index contributed by atoms with van der Waals surface area (Å²) in [6.07, 6.45) is 16.3. The second-order valence-electron chi connectivity index (χ2n) is 6.49. The van der Waals surface area contributed by atoms with Gasteiger partial charge in [-0.2, -0.15) is 0 Å². The molecule has 0 spiro atoms. The minimum absolute atomic E-state index is 0.377. The van der Waals surface area contributed by atoms with Crippen LogP contribution in [0.4, 0.5) is 0 Å². The van der Waals surface area contributed by atoms with Gasteiger partial charge in [0.05, 0.1) is 5.71 Å². The van der Waals surface area contributed by atoms with Crippen LogP contribution in [0.25, 0.3) is 0 Å². The van der Waals surface area contributed by atoms with Gasteiger partial charge in [-0.15, -0.1) is 6.42 Å². The molecule has 0 aromatic rings. The highest BCUT2D eigenvalue weighted by Crippen LogP contribution is 2.33. The minimum atomic E-state index is -0.382. The quantitative estimate of drug-likeness (QED) is 0.475. The van der Waals surface area contributed by atoms with Gasteiger partial charge in [0.25, 0.3) is 0 Å². The first kappa shape index (κ1) is 16.1. The molecule has 1 saturated carbocycles. The van der Waals surface area contributed by atoms with Gasteiger partial charge in [0.2, 0.25) is 0 Å². The average molecular weight is 318 g/mol. The molecule has 1 atom stereocenters. The maximum absolute atomic E-state index is 6.06. The summed E-state index contributed by atoms with van der Waals surface area (Å²) in [6, 6.07) is -0.382. The molecule has 2 aliphatic carbocycles. The van der Waals surface area contributed by atoms with Crippen molar-refractivity contribution in [3.8, 4) is 12.3 Å². The fraction of sp³-hybridized carbons (Fsp3) is 0.300. The van der Waals surface area contributed by atoms with Crippen LogP contribution in [0.3, 0.4) is 0 Å². The van der Waals surface area contributed by atoms with Crippen LogP contribution in [0.5, 0.6) is 0 Å². The van der Waals surface area contributed by atoms with Gasteiger partial charge in [0.1, 0.15) is 11.9 Å². The van der Waals surface area contributed by atoms with Crippen LogP contribution in [0.2, 0.25) is 0 Å². The van der Waals surface area contributed by atoms with E-state index in [0.717, 1.165) is 41.8 Å². The molecule has 122 valence electrons. The SMILES string of the molecule is C#CC1=CN=C(C2=CC=C(C)C2)C(=C)C1N=C(N)C=C(N)C1CC1. The van der Waals surface area contributed by atoms with E-state index in [4.69, 9.17) is 17.9 Å². The first-order valence-electron chi connectivity index (χ1n) is 8.10. The first-order valence-corrected chi connectivity index (χ1v) is 8.10. The Morgan fingerprint density at radius 1 is 1.42 bits per heavy atom. The molecule has 24 heavy (non-hydrogen) atoms. The predicted molar refractivity (Wildman–Crippen MR) is 100 cm³/mol. The smallest absolute Gasteiger partial charge is 0.121 e. The summed E-state index contributed by atoms with van der Waals surface area (Å²) in [5.41, 5.74) is 17.6. The molecule has 0 aromatic carbocycles. The zero-order valence-corrected chi connectivity index (χ0v) is 13.9.